The summed E-state index contributed by atoms with van der Waals surface area (Å²) in [5.74, 6) is -0.283. The Kier molecular flexibility index (Phi) is 3.51. The topological polar surface area (TPSA) is 31.2 Å². The molecule has 76 valence electrons. The summed E-state index contributed by atoms with van der Waals surface area (Å²) in [6.07, 6.45) is 5.42. The SMILES string of the molecule is CCOC(=O)/C=C(/C)c1ccn(C)c1. The highest BCUT2D eigenvalue weighted by Gasteiger charge is 2.01. The van der Waals surface area contributed by atoms with Gasteiger partial charge in [-0.2, -0.15) is 0 Å². The number of aryl methyl sites for hydroxylation is 1. The zero-order valence-corrected chi connectivity index (χ0v) is 8.78. The Bertz CT molecular complexity index is 350. The summed E-state index contributed by atoms with van der Waals surface area (Å²) in [6.45, 7) is 4.10. The first-order chi connectivity index (χ1) is 6.63. The van der Waals surface area contributed by atoms with Gasteiger partial charge in [-0.15, -0.1) is 0 Å². The van der Waals surface area contributed by atoms with Crippen molar-refractivity contribution in [2.45, 2.75) is 13.8 Å². The molecule has 0 N–H and O–H groups in total. The Morgan fingerprint density at radius 3 is 2.86 bits per heavy atom. The zero-order chi connectivity index (χ0) is 10.6. The van der Waals surface area contributed by atoms with Crippen LogP contribution in [0.2, 0.25) is 0 Å². The molecule has 0 amide bonds. The summed E-state index contributed by atoms with van der Waals surface area (Å²) in [5, 5.41) is 0. The molecule has 0 aromatic carbocycles. The van der Waals surface area contributed by atoms with E-state index in [4.69, 9.17) is 4.74 Å². The maximum atomic E-state index is 11.1. The molecular weight excluding hydrogens is 178 g/mol. The van der Waals surface area contributed by atoms with Gasteiger partial charge >= 0.3 is 5.97 Å². The number of aromatic nitrogens is 1. The molecule has 3 heteroatoms. The number of hydrogen-bond donors (Lipinski definition) is 0. The summed E-state index contributed by atoms with van der Waals surface area (Å²) in [4.78, 5) is 11.1. The molecule has 14 heavy (non-hydrogen) atoms. The zero-order valence-electron chi connectivity index (χ0n) is 8.78. The van der Waals surface area contributed by atoms with Crippen LogP contribution < -0.4 is 0 Å². The number of carbonyl (C=O) groups excluding carboxylic acids is 1. The molecule has 0 radical (unpaired) electrons. The van der Waals surface area contributed by atoms with Crippen LogP contribution in [0, 0.1) is 0 Å². The van der Waals surface area contributed by atoms with Gasteiger partial charge in [0.1, 0.15) is 0 Å². The first kappa shape index (κ1) is 10.6. The maximum absolute atomic E-state index is 11.1. The monoisotopic (exact) mass is 193 g/mol. The van der Waals surface area contributed by atoms with E-state index in [0.717, 1.165) is 11.1 Å². The van der Waals surface area contributed by atoms with Crippen molar-refractivity contribution in [3.8, 4) is 0 Å². The molecule has 3 nitrogen and oxygen atoms in total. The van der Waals surface area contributed by atoms with Crippen LogP contribution in [0.25, 0.3) is 5.57 Å². The minimum Gasteiger partial charge on any atom is -0.463 e. The van der Waals surface area contributed by atoms with E-state index in [2.05, 4.69) is 0 Å². The van der Waals surface area contributed by atoms with E-state index in [1.54, 1.807) is 6.92 Å². The maximum Gasteiger partial charge on any atom is 0.331 e. The summed E-state index contributed by atoms with van der Waals surface area (Å²) in [6, 6.07) is 1.96. The second kappa shape index (κ2) is 4.65. The van der Waals surface area contributed by atoms with Crippen molar-refractivity contribution in [3.05, 3.63) is 30.1 Å². The van der Waals surface area contributed by atoms with E-state index in [-0.39, 0.29) is 5.97 Å². The fourth-order valence-electron chi connectivity index (χ4n) is 1.18. The first-order valence-electron chi connectivity index (χ1n) is 4.61. The summed E-state index contributed by atoms with van der Waals surface area (Å²) >= 11 is 0. The molecule has 0 saturated carbocycles. The predicted molar refractivity (Wildman–Crippen MR) is 55.7 cm³/mol. The van der Waals surface area contributed by atoms with Crippen molar-refractivity contribution in [2.75, 3.05) is 6.61 Å². The first-order valence-corrected chi connectivity index (χ1v) is 4.61. The van der Waals surface area contributed by atoms with Gasteiger partial charge in [0.25, 0.3) is 0 Å². The van der Waals surface area contributed by atoms with Crippen LogP contribution in [-0.2, 0) is 16.6 Å². The fourth-order valence-corrected chi connectivity index (χ4v) is 1.18. The number of allylic oxidation sites excluding steroid dienone is 1. The molecule has 0 spiro atoms. The smallest absolute Gasteiger partial charge is 0.331 e. The third kappa shape index (κ3) is 2.76. The summed E-state index contributed by atoms with van der Waals surface area (Å²) in [7, 11) is 1.95. The Labute approximate surface area is 84.0 Å². The summed E-state index contributed by atoms with van der Waals surface area (Å²) < 4.78 is 6.76. The third-order valence-electron chi connectivity index (χ3n) is 1.91. The van der Waals surface area contributed by atoms with Crippen molar-refractivity contribution in [3.63, 3.8) is 0 Å². The van der Waals surface area contributed by atoms with Crippen LogP contribution in [0.4, 0.5) is 0 Å². The Morgan fingerprint density at radius 2 is 2.36 bits per heavy atom. The third-order valence-corrected chi connectivity index (χ3v) is 1.91. The van der Waals surface area contributed by atoms with Crippen molar-refractivity contribution >= 4 is 11.5 Å². The van der Waals surface area contributed by atoms with Gasteiger partial charge in [-0.1, -0.05) is 0 Å². The van der Waals surface area contributed by atoms with E-state index in [1.807, 2.05) is 37.0 Å². The standard InChI is InChI=1S/C11H15NO2/c1-4-14-11(13)7-9(2)10-5-6-12(3)8-10/h5-8H,4H2,1-3H3/b9-7-. The van der Waals surface area contributed by atoms with Gasteiger partial charge in [0.15, 0.2) is 0 Å². The van der Waals surface area contributed by atoms with E-state index >= 15 is 0 Å². The molecule has 1 aromatic rings. The van der Waals surface area contributed by atoms with Crippen LogP contribution >= 0.6 is 0 Å². The average Bonchev–Trinajstić information content (AvgIpc) is 2.52. The molecule has 0 aliphatic carbocycles. The Morgan fingerprint density at radius 1 is 1.64 bits per heavy atom. The van der Waals surface area contributed by atoms with Gasteiger partial charge in [-0.25, -0.2) is 4.79 Å². The van der Waals surface area contributed by atoms with E-state index in [9.17, 15) is 4.79 Å². The molecule has 1 aromatic heterocycles. The van der Waals surface area contributed by atoms with Crippen LogP contribution in [0.3, 0.4) is 0 Å². The fraction of sp³-hybridized carbons (Fsp3) is 0.364. The van der Waals surface area contributed by atoms with Gasteiger partial charge in [0.2, 0.25) is 0 Å². The number of ether oxygens (including phenoxy) is 1. The van der Waals surface area contributed by atoms with Gasteiger partial charge in [0, 0.05) is 25.5 Å². The molecular formula is C11H15NO2. The van der Waals surface area contributed by atoms with E-state index < -0.39 is 0 Å². The van der Waals surface area contributed by atoms with Crippen LogP contribution in [-0.4, -0.2) is 17.1 Å². The van der Waals surface area contributed by atoms with Crippen LogP contribution in [0.5, 0.6) is 0 Å². The lowest BCUT2D eigenvalue weighted by Crippen LogP contribution is -1.99. The molecule has 0 aliphatic heterocycles. The molecule has 0 aliphatic rings. The minimum atomic E-state index is -0.283. The van der Waals surface area contributed by atoms with Crippen molar-refractivity contribution in [2.24, 2.45) is 7.05 Å². The minimum absolute atomic E-state index is 0.283. The molecule has 0 bridgehead atoms. The number of rotatable bonds is 3. The lowest BCUT2D eigenvalue weighted by Gasteiger charge is -1.98. The van der Waals surface area contributed by atoms with E-state index in [0.29, 0.717) is 6.61 Å². The largest absolute Gasteiger partial charge is 0.463 e. The predicted octanol–water partition coefficient (Wildman–Crippen LogP) is 1.99. The van der Waals surface area contributed by atoms with Gasteiger partial charge in [-0.05, 0) is 31.1 Å². The van der Waals surface area contributed by atoms with E-state index in [1.165, 1.54) is 6.08 Å². The van der Waals surface area contributed by atoms with Gasteiger partial charge in [-0.3, -0.25) is 0 Å². The molecule has 0 unspecified atom stereocenters. The number of nitrogens with zero attached hydrogens (tertiary/aromatic N) is 1. The average molecular weight is 193 g/mol. The van der Waals surface area contributed by atoms with Crippen molar-refractivity contribution in [1.29, 1.82) is 0 Å². The van der Waals surface area contributed by atoms with Gasteiger partial charge in [0.05, 0.1) is 6.61 Å². The van der Waals surface area contributed by atoms with Gasteiger partial charge < -0.3 is 9.30 Å². The molecule has 0 saturated heterocycles. The number of hydrogen-bond acceptors (Lipinski definition) is 2. The lowest BCUT2D eigenvalue weighted by atomic mass is 10.1. The van der Waals surface area contributed by atoms with Crippen LogP contribution in [0.15, 0.2) is 24.5 Å². The molecule has 1 rings (SSSR count). The molecule has 0 atom stereocenters. The highest BCUT2D eigenvalue weighted by atomic mass is 16.5. The molecule has 1 heterocycles. The quantitative estimate of drug-likeness (QED) is 0.543. The van der Waals surface area contributed by atoms with Crippen molar-refractivity contribution < 1.29 is 9.53 Å². The van der Waals surface area contributed by atoms with Crippen LogP contribution in [0.1, 0.15) is 19.4 Å². The highest BCUT2D eigenvalue weighted by molar-refractivity contribution is 5.90. The Balaban J connectivity index is 2.74. The number of esters is 1. The second-order valence-electron chi connectivity index (χ2n) is 3.15. The normalized spacial score (nSPS) is 11.5. The highest BCUT2D eigenvalue weighted by Crippen LogP contribution is 2.13. The Hall–Kier alpha value is -1.51. The number of carbonyl (C=O) groups is 1. The second-order valence-corrected chi connectivity index (χ2v) is 3.15. The lowest BCUT2D eigenvalue weighted by molar-refractivity contribution is -0.137. The van der Waals surface area contributed by atoms with Crippen molar-refractivity contribution in [1.82, 2.24) is 4.57 Å². The summed E-state index contributed by atoms with van der Waals surface area (Å²) in [5.41, 5.74) is 1.96. The molecule has 0 fully saturated rings.